The number of alkyl halides is 3. The number of hydrogen-bond donors (Lipinski definition) is 1. The van der Waals surface area contributed by atoms with Gasteiger partial charge < -0.3 is 5.32 Å². The summed E-state index contributed by atoms with van der Waals surface area (Å²) in [7, 11) is 1.74. The zero-order valence-electron chi connectivity index (χ0n) is 9.74. The van der Waals surface area contributed by atoms with Gasteiger partial charge in [0.1, 0.15) is 11.0 Å². The van der Waals surface area contributed by atoms with Crippen molar-refractivity contribution in [2.45, 2.75) is 12.7 Å². The number of nitrogens with zero attached hydrogens (tertiary/aromatic N) is 4. The van der Waals surface area contributed by atoms with E-state index in [0.29, 0.717) is 5.69 Å². The van der Waals surface area contributed by atoms with Crippen molar-refractivity contribution in [3.05, 3.63) is 35.0 Å². The number of halogens is 4. The molecule has 0 saturated heterocycles. The molecule has 0 spiro atoms. The molecule has 2 rings (SSSR count). The summed E-state index contributed by atoms with van der Waals surface area (Å²) in [5, 5.41) is 6.52. The molecule has 0 unspecified atom stereocenters. The number of hydrogen-bond acceptors (Lipinski definition) is 4. The Hall–Kier alpha value is -1.83. The standard InChI is InChI=1S/C10H9ClF3N5/c1-19-3-2-6(18-19)5-15-8-4-7(11)16-9(17-8)10(12,13)14/h2-4H,5H2,1H3,(H,15,16,17). The minimum absolute atomic E-state index is 0.00187. The van der Waals surface area contributed by atoms with E-state index in [9.17, 15) is 13.2 Å². The van der Waals surface area contributed by atoms with Crippen LogP contribution in [0.2, 0.25) is 5.15 Å². The van der Waals surface area contributed by atoms with Crippen molar-refractivity contribution in [3.8, 4) is 0 Å². The lowest BCUT2D eigenvalue weighted by atomic mass is 10.4. The predicted molar refractivity (Wildman–Crippen MR) is 62.6 cm³/mol. The lowest BCUT2D eigenvalue weighted by molar-refractivity contribution is -0.144. The van der Waals surface area contributed by atoms with Gasteiger partial charge in [0.05, 0.1) is 12.2 Å². The molecule has 0 amide bonds. The van der Waals surface area contributed by atoms with Gasteiger partial charge in [0, 0.05) is 19.3 Å². The van der Waals surface area contributed by atoms with Crippen molar-refractivity contribution in [2.75, 3.05) is 5.32 Å². The topological polar surface area (TPSA) is 55.6 Å². The van der Waals surface area contributed by atoms with Crippen LogP contribution in [0.25, 0.3) is 0 Å². The van der Waals surface area contributed by atoms with Gasteiger partial charge in [0.15, 0.2) is 0 Å². The molecule has 9 heteroatoms. The van der Waals surface area contributed by atoms with Gasteiger partial charge in [0.2, 0.25) is 5.82 Å². The van der Waals surface area contributed by atoms with Gasteiger partial charge in [-0.3, -0.25) is 4.68 Å². The molecule has 5 nitrogen and oxygen atoms in total. The van der Waals surface area contributed by atoms with Crippen molar-refractivity contribution in [2.24, 2.45) is 7.05 Å². The van der Waals surface area contributed by atoms with Crippen LogP contribution in [0.4, 0.5) is 19.0 Å². The molecule has 19 heavy (non-hydrogen) atoms. The minimum atomic E-state index is -4.63. The second-order valence-electron chi connectivity index (χ2n) is 3.73. The maximum atomic E-state index is 12.5. The average molecular weight is 292 g/mol. The van der Waals surface area contributed by atoms with Crippen molar-refractivity contribution >= 4 is 17.4 Å². The summed E-state index contributed by atoms with van der Waals surface area (Å²) < 4.78 is 39.1. The number of nitrogens with one attached hydrogen (secondary N) is 1. The lowest BCUT2D eigenvalue weighted by Crippen LogP contribution is -2.13. The van der Waals surface area contributed by atoms with Gasteiger partial charge in [-0.15, -0.1) is 0 Å². The first-order chi connectivity index (χ1) is 8.84. The third kappa shape index (κ3) is 3.57. The predicted octanol–water partition coefficient (Wildman–Crippen LogP) is 2.49. The second kappa shape index (κ2) is 5.04. The molecule has 2 aromatic rings. The van der Waals surface area contributed by atoms with Crippen LogP contribution in [-0.4, -0.2) is 19.7 Å². The van der Waals surface area contributed by atoms with E-state index >= 15 is 0 Å². The van der Waals surface area contributed by atoms with Gasteiger partial charge in [0.25, 0.3) is 0 Å². The van der Waals surface area contributed by atoms with E-state index in [0.717, 1.165) is 0 Å². The Balaban J connectivity index is 2.14. The highest BCUT2D eigenvalue weighted by Gasteiger charge is 2.35. The van der Waals surface area contributed by atoms with E-state index in [4.69, 9.17) is 11.6 Å². The van der Waals surface area contributed by atoms with Crippen LogP contribution in [-0.2, 0) is 19.8 Å². The zero-order chi connectivity index (χ0) is 14.0. The number of rotatable bonds is 3. The zero-order valence-corrected chi connectivity index (χ0v) is 10.5. The maximum absolute atomic E-state index is 12.5. The molecule has 0 atom stereocenters. The third-order valence-corrected chi connectivity index (χ3v) is 2.36. The summed E-state index contributed by atoms with van der Waals surface area (Å²) in [5.41, 5.74) is 0.672. The largest absolute Gasteiger partial charge is 0.451 e. The molecule has 0 fully saturated rings. The summed E-state index contributed by atoms with van der Waals surface area (Å²) >= 11 is 5.53. The normalized spacial score (nSPS) is 11.6. The molecule has 0 aliphatic carbocycles. The fraction of sp³-hybridized carbons (Fsp3) is 0.300. The van der Waals surface area contributed by atoms with E-state index in [-0.39, 0.29) is 17.5 Å². The third-order valence-electron chi connectivity index (χ3n) is 2.17. The molecule has 102 valence electrons. The fourth-order valence-corrected chi connectivity index (χ4v) is 1.56. The van der Waals surface area contributed by atoms with Crippen LogP contribution >= 0.6 is 11.6 Å². The fourth-order valence-electron chi connectivity index (χ4n) is 1.37. The van der Waals surface area contributed by atoms with E-state index in [1.807, 2.05) is 0 Å². The summed E-state index contributed by atoms with van der Waals surface area (Å²) in [6, 6.07) is 2.96. The molecule has 0 saturated carbocycles. The first-order valence-electron chi connectivity index (χ1n) is 5.19. The van der Waals surface area contributed by atoms with Crippen LogP contribution in [0.1, 0.15) is 11.5 Å². The van der Waals surface area contributed by atoms with E-state index in [1.54, 1.807) is 24.0 Å². The Morgan fingerprint density at radius 3 is 2.68 bits per heavy atom. The van der Waals surface area contributed by atoms with Crippen molar-refractivity contribution in [1.29, 1.82) is 0 Å². The Morgan fingerprint density at radius 1 is 1.37 bits per heavy atom. The summed E-state index contributed by atoms with van der Waals surface area (Å²) in [5.74, 6) is -1.28. The number of anilines is 1. The van der Waals surface area contributed by atoms with Crippen LogP contribution in [0, 0.1) is 0 Å². The second-order valence-corrected chi connectivity index (χ2v) is 4.12. The lowest BCUT2D eigenvalue weighted by Gasteiger charge is -2.08. The average Bonchev–Trinajstić information content (AvgIpc) is 2.71. The van der Waals surface area contributed by atoms with Gasteiger partial charge in [-0.2, -0.15) is 18.3 Å². The van der Waals surface area contributed by atoms with Gasteiger partial charge in [-0.1, -0.05) is 11.6 Å². The monoisotopic (exact) mass is 291 g/mol. The molecule has 1 N–H and O–H groups in total. The minimum Gasteiger partial charge on any atom is -0.364 e. The van der Waals surface area contributed by atoms with Crippen molar-refractivity contribution in [3.63, 3.8) is 0 Å². The molecular formula is C10H9ClF3N5. The maximum Gasteiger partial charge on any atom is 0.451 e. The van der Waals surface area contributed by atoms with Gasteiger partial charge in [-0.25, -0.2) is 9.97 Å². The first kappa shape index (κ1) is 13.6. The van der Waals surface area contributed by atoms with E-state index in [1.165, 1.54) is 6.07 Å². The number of aromatic nitrogens is 4. The summed E-state index contributed by atoms with van der Waals surface area (Å²) in [6.45, 7) is 0.242. The summed E-state index contributed by atoms with van der Waals surface area (Å²) in [6.07, 6.45) is -2.91. The molecule has 2 aromatic heterocycles. The van der Waals surface area contributed by atoms with E-state index < -0.39 is 12.0 Å². The van der Waals surface area contributed by atoms with Crippen LogP contribution in [0.3, 0.4) is 0 Å². The molecular weight excluding hydrogens is 283 g/mol. The number of aryl methyl sites for hydroxylation is 1. The Labute approximate surface area is 111 Å². The quantitative estimate of drug-likeness (QED) is 0.883. The van der Waals surface area contributed by atoms with Crippen LogP contribution in [0.5, 0.6) is 0 Å². The highest BCUT2D eigenvalue weighted by molar-refractivity contribution is 6.29. The smallest absolute Gasteiger partial charge is 0.364 e. The Morgan fingerprint density at radius 2 is 2.11 bits per heavy atom. The van der Waals surface area contributed by atoms with Gasteiger partial charge >= 0.3 is 6.18 Å². The molecule has 0 aliphatic heterocycles. The molecule has 0 radical (unpaired) electrons. The Kier molecular flexibility index (Phi) is 3.61. The highest BCUT2D eigenvalue weighted by Crippen LogP contribution is 2.28. The molecule has 0 aromatic carbocycles. The van der Waals surface area contributed by atoms with E-state index in [2.05, 4.69) is 20.4 Å². The Bertz CT molecular complexity index is 581. The van der Waals surface area contributed by atoms with Gasteiger partial charge in [-0.05, 0) is 6.07 Å². The van der Waals surface area contributed by atoms with Crippen molar-refractivity contribution < 1.29 is 13.2 Å². The van der Waals surface area contributed by atoms with Crippen LogP contribution < -0.4 is 5.32 Å². The molecule has 0 aliphatic rings. The summed E-state index contributed by atoms with van der Waals surface area (Å²) in [4.78, 5) is 6.49. The molecule has 2 heterocycles. The first-order valence-corrected chi connectivity index (χ1v) is 5.56. The van der Waals surface area contributed by atoms with Crippen LogP contribution in [0.15, 0.2) is 18.3 Å². The molecule has 0 bridgehead atoms. The SMILES string of the molecule is Cn1ccc(CNc2cc(Cl)nc(C(F)(F)F)n2)n1. The van der Waals surface area contributed by atoms with Crippen molar-refractivity contribution in [1.82, 2.24) is 19.7 Å². The highest BCUT2D eigenvalue weighted by atomic mass is 35.5.